The molecule has 1 aromatic rings. The smallest absolute Gasteiger partial charge is 0.410 e. The molecule has 0 radical (unpaired) electrons. The summed E-state index contributed by atoms with van der Waals surface area (Å²) in [6.07, 6.45) is 0.598. The summed E-state index contributed by atoms with van der Waals surface area (Å²) in [6, 6.07) is 0. The Kier molecular flexibility index (Phi) is 4.00. The largest absolute Gasteiger partial charge is 0.444 e. The van der Waals surface area contributed by atoms with Gasteiger partial charge in [-0.2, -0.15) is 0 Å². The first-order chi connectivity index (χ1) is 9.55. The lowest BCUT2D eigenvalue weighted by Crippen LogP contribution is -2.42. The maximum absolute atomic E-state index is 12.1. The van der Waals surface area contributed by atoms with E-state index in [0.717, 1.165) is 24.6 Å². The zero-order valence-electron chi connectivity index (χ0n) is 13.9. The fourth-order valence-corrected chi connectivity index (χ4v) is 2.31. The van der Waals surface area contributed by atoms with Gasteiger partial charge in [0, 0.05) is 19.5 Å². The zero-order chi connectivity index (χ0) is 15.8. The fourth-order valence-electron chi connectivity index (χ4n) is 2.31. The maximum Gasteiger partial charge on any atom is 0.410 e. The predicted octanol–water partition coefficient (Wildman–Crippen LogP) is 2.62. The fraction of sp³-hybridized carbons (Fsp3) is 0.800. The molecule has 1 amide bonds. The van der Waals surface area contributed by atoms with Gasteiger partial charge in [0.15, 0.2) is 5.82 Å². The summed E-state index contributed by atoms with van der Waals surface area (Å²) in [4.78, 5) is 13.8. The van der Waals surface area contributed by atoms with Crippen molar-refractivity contribution in [2.75, 3.05) is 6.54 Å². The number of carbonyl (C=O) groups is 1. The SMILES string of the molecule is CC(C)(C)Cc1nnc2n1CCN(C(=O)OC(C)(C)C)C2. The van der Waals surface area contributed by atoms with Crippen molar-refractivity contribution < 1.29 is 9.53 Å². The van der Waals surface area contributed by atoms with Gasteiger partial charge in [-0.1, -0.05) is 20.8 Å². The Morgan fingerprint density at radius 1 is 1.14 bits per heavy atom. The molecule has 0 saturated heterocycles. The molecular weight excluding hydrogens is 268 g/mol. The molecule has 0 unspecified atom stereocenters. The van der Waals surface area contributed by atoms with Crippen LogP contribution in [0.3, 0.4) is 0 Å². The minimum Gasteiger partial charge on any atom is -0.444 e. The van der Waals surface area contributed by atoms with Gasteiger partial charge < -0.3 is 9.30 Å². The van der Waals surface area contributed by atoms with Gasteiger partial charge in [0.1, 0.15) is 11.4 Å². The minimum atomic E-state index is -0.473. The first kappa shape index (κ1) is 15.8. The lowest BCUT2D eigenvalue weighted by atomic mass is 9.92. The Labute approximate surface area is 126 Å². The normalized spacial score (nSPS) is 15.8. The molecule has 2 heterocycles. The highest BCUT2D eigenvalue weighted by molar-refractivity contribution is 5.68. The van der Waals surface area contributed by atoms with E-state index < -0.39 is 5.60 Å². The van der Waals surface area contributed by atoms with Crippen LogP contribution in [0.25, 0.3) is 0 Å². The van der Waals surface area contributed by atoms with E-state index in [0.29, 0.717) is 13.1 Å². The van der Waals surface area contributed by atoms with Crippen LogP contribution in [0.2, 0.25) is 0 Å². The molecule has 0 aliphatic carbocycles. The summed E-state index contributed by atoms with van der Waals surface area (Å²) in [7, 11) is 0. The van der Waals surface area contributed by atoms with E-state index >= 15 is 0 Å². The second kappa shape index (κ2) is 5.31. The van der Waals surface area contributed by atoms with Crippen LogP contribution in [0.15, 0.2) is 0 Å². The third kappa shape index (κ3) is 4.19. The predicted molar refractivity (Wildman–Crippen MR) is 79.8 cm³/mol. The summed E-state index contributed by atoms with van der Waals surface area (Å²) in [6.45, 7) is 14.0. The summed E-state index contributed by atoms with van der Waals surface area (Å²) >= 11 is 0. The molecule has 21 heavy (non-hydrogen) atoms. The lowest BCUT2D eigenvalue weighted by molar-refractivity contribution is 0.0194. The van der Waals surface area contributed by atoms with Gasteiger partial charge in [-0.15, -0.1) is 10.2 Å². The molecule has 118 valence electrons. The number of rotatable bonds is 1. The maximum atomic E-state index is 12.1. The van der Waals surface area contributed by atoms with Crippen LogP contribution in [0.4, 0.5) is 4.79 Å². The van der Waals surface area contributed by atoms with E-state index in [4.69, 9.17) is 4.74 Å². The van der Waals surface area contributed by atoms with Crippen molar-refractivity contribution in [3.63, 3.8) is 0 Å². The molecule has 1 aliphatic rings. The van der Waals surface area contributed by atoms with Gasteiger partial charge in [-0.25, -0.2) is 4.79 Å². The first-order valence-corrected chi connectivity index (χ1v) is 7.44. The van der Waals surface area contributed by atoms with Crippen molar-refractivity contribution in [1.29, 1.82) is 0 Å². The number of fused-ring (bicyclic) bond motifs is 1. The van der Waals surface area contributed by atoms with Gasteiger partial charge in [-0.3, -0.25) is 4.90 Å². The Morgan fingerprint density at radius 2 is 1.81 bits per heavy atom. The van der Waals surface area contributed by atoms with Crippen LogP contribution in [0.1, 0.15) is 53.2 Å². The van der Waals surface area contributed by atoms with Gasteiger partial charge in [-0.05, 0) is 26.2 Å². The molecule has 1 aliphatic heterocycles. The van der Waals surface area contributed by atoms with Crippen molar-refractivity contribution in [2.45, 2.75) is 66.7 Å². The number of nitrogens with zero attached hydrogens (tertiary/aromatic N) is 4. The number of hydrogen-bond donors (Lipinski definition) is 0. The molecule has 0 bridgehead atoms. The summed E-state index contributed by atoms with van der Waals surface area (Å²) in [5.74, 6) is 1.84. The topological polar surface area (TPSA) is 60.2 Å². The summed E-state index contributed by atoms with van der Waals surface area (Å²) < 4.78 is 7.54. The lowest BCUT2D eigenvalue weighted by Gasteiger charge is -2.30. The highest BCUT2D eigenvalue weighted by Crippen LogP contribution is 2.22. The van der Waals surface area contributed by atoms with Crippen LogP contribution < -0.4 is 0 Å². The van der Waals surface area contributed by atoms with Crippen LogP contribution in [-0.2, 0) is 24.2 Å². The van der Waals surface area contributed by atoms with Gasteiger partial charge in [0.25, 0.3) is 0 Å². The molecule has 0 spiro atoms. The highest BCUT2D eigenvalue weighted by atomic mass is 16.6. The van der Waals surface area contributed by atoms with Crippen LogP contribution >= 0.6 is 0 Å². The monoisotopic (exact) mass is 294 g/mol. The van der Waals surface area contributed by atoms with Crippen molar-refractivity contribution >= 4 is 6.09 Å². The average molecular weight is 294 g/mol. The van der Waals surface area contributed by atoms with Crippen LogP contribution in [0.5, 0.6) is 0 Å². The molecule has 2 rings (SSSR count). The van der Waals surface area contributed by atoms with Gasteiger partial charge in [0.2, 0.25) is 0 Å². The van der Waals surface area contributed by atoms with Gasteiger partial charge in [0.05, 0.1) is 6.54 Å². The summed E-state index contributed by atoms with van der Waals surface area (Å²) in [5.41, 5.74) is -0.300. The molecule has 0 N–H and O–H groups in total. The van der Waals surface area contributed by atoms with E-state index in [-0.39, 0.29) is 11.5 Å². The molecule has 1 aromatic heterocycles. The molecule has 0 fully saturated rings. The third-order valence-corrected chi connectivity index (χ3v) is 3.17. The van der Waals surface area contributed by atoms with E-state index in [1.165, 1.54) is 0 Å². The molecule has 6 nitrogen and oxygen atoms in total. The van der Waals surface area contributed by atoms with Crippen LogP contribution in [0, 0.1) is 5.41 Å². The van der Waals surface area contributed by atoms with Crippen molar-refractivity contribution in [3.05, 3.63) is 11.6 Å². The average Bonchev–Trinajstić information content (AvgIpc) is 2.67. The minimum absolute atomic E-state index is 0.173. The highest BCUT2D eigenvalue weighted by Gasteiger charge is 2.28. The van der Waals surface area contributed by atoms with E-state index in [1.54, 1.807) is 4.90 Å². The van der Waals surface area contributed by atoms with E-state index in [1.807, 2.05) is 20.8 Å². The second-order valence-corrected chi connectivity index (χ2v) is 7.82. The first-order valence-electron chi connectivity index (χ1n) is 7.44. The third-order valence-electron chi connectivity index (χ3n) is 3.17. The van der Waals surface area contributed by atoms with Gasteiger partial charge >= 0.3 is 6.09 Å². The second-order valence-electron chi connectivity index (χ2n) is 7.82. The Hall–Kier alpha value is -1.59. The molecular formula is C15H26N4O2. The number of amides is 1. The van der Waals surface area contributed by atoms with Crippen molar-refractivity contribution in [1.82, 2.24) is 19.7 Å². The Bertz CT molecular complexity index is 523. The van der Waals surface area contributed by atoms with Crippen molar-refractivity contribution in [2.24, 2.45) is 5.41 Å². The van der Waals surface area contributed by atoms with Crippen molar-refractivity contribution in [3.8, 4) is 0 Å². The molecule has 6 heteroatoms. The Morgan fingerprint density at radius 3 is 2.38 bits per heavy atom. The molecule has 0 saturated carbocycles. The van der Waals surface area contributed by atoms with E-state index in [9.17, 15) is 4.79 Å². The Balaban J connectivity index is 2.07. The van der Waals surface area contributed by atoms with E-state index in [2.05, 4.69) is 35.5 Å². The number of ether oxygens (including phenoxy) is 1. The molecule has 0 atom stereocenters. The molecule has 0 aromatic carbocycles. The number of carbonyl (C=O) groups excluding carboxylic acids is 1. The quantitative estimate of drug-likeness (QED) is 0.799. The summed E-state index contributed by atoms with van der Waals surface area (Å²) in [5, 5.41) is 8.52. The number of hydrogen-bond acceptors (Lipinski definition) is 4. The van der Waals surface area contributed by atoms with Crippen LogP contribution in [-0.4, -0.2) is 37.9 Å². The standard InChI is InChI=1S/C15H26N4O2/c1-14(2,3)9-11-16-17-12-10-18(7-8-19(11)12)13(20)21-15(4,5)6/h7-10H2,1-6H3. The zero-order valence-corrected chi connectivity index (χ0v) is 13.9. The number of aromatic nitrogens is 3.